The maximum Gasteiger partial charge on any atom is 0.337 e. The van der Waals surface area contributed by atoms with Gasteiger partial charge in [-0.25, -0.2) is 4.79 Å². The Bertz CT molecular complexity index is 598. The fourth-order valence-corrected chi connectivity index (χ4v) is 2.43. The second kappa shape index (κ2) is 8.31. The Balaban J connectivity index is 1.68. The molecule has 1 atom stereocenters. The Hall–Kier alpha value is -2.18. The van der Waals surface area contributed by atoms with E-state index in [-0.39, 0.29) is 25.5 Å². The molecule has 1 heterocycles. The number of nitrogens with one attached hydrogen (secondary N) is 1. The Morgan fingerprint density at radius 2 is 1.95 bits per heavy atom. The highest BCUT2D eigenvalue weighted by atomic mass is 32.1. The molecule has 0 spiro atoms. The van der Waals surface area contributed by atoms with Crippen LogP contribution in [0.5, 0.6) is 0 Å². The maximum atomic E-state index is 11.6. The van der Waals surface area contributed by atoms with Gasteiger partial charge in [-0.3, -0.25) is 4.79 Å². The highest BCUT2D eigenvalue weighted by Gasteiger charge is 2.17. The van der Waals surface area contributed by atoms with Crippen molar-refractivity contribution in [3.8, 4) is 0 Å². The van der Waals surface area contributed by atoms with Crippen molar-refractivity contribution >= 4 is 23.2 Å². The van der Waals surface area contributed by atoms with Crippen LogP contribution in [0.15, 0.2) is 47.2 Å². The lowest BCUT2D eigenvalue weighted by Crippen LogP contribution is -2.38. The van der Waals surface area contributed by atoms with E-state index in [0.717, 1.165) is 11.1 Å². The van der Waals surface area contributed by atoms with E-state index in [0.29, 0.717) is 0 Å². The van der Waals surface area contributed by atoms with Gasteiger partial charge in [0.05, 0.1) is 13.0 Å². The minimum atomic E-state index is -1.37. The van der Waals surface area contributed by atoms with Gasteiger partial charge in [-0.05, 0) is 28.0 Å². The van der Waals surface area contributed by atoms with Gasteiger partial charge in [-0.15, -0.1) is 0 Å². The van der Waals surface area contributed by atoms with E-state index in [1.54, 1.807) is 0 Å². The first kappa shape index (κ1) is 16.2. The van der Waals surface area contributed by atoms with Crippen molar-refractivity contribution in [2.45, 2.75) is 19.1 Å². The summed E-state index contributed by atoms with van der Waals surface area (Å²) < 4.78 is 4.99. The molecule has 0 fully saturated rings. The fraction of sp³-hybridized carbons (Fsp3) is 0.250. The SMILES string of the molecule is O=C(Cc1ccsc1)NC[C@H](O)C(=O)OCc1ccccc1. The minimum absolute atomic E-state index is 0.0968. The summed E-state index contributed by atoms with van der Waals surface area (Å²) in [5.41, 5.74) is 1.74. The van der Waals surface area contributed by atoms with Crippen molar-refractivity contribution in [1.82, 2.24) is 5.32 Å². The molecule has 1 aromatic carbocycles. The molecule has 2 rings (SSSR count). The molecule has 2 N–H and O–H groups in total. The number of aliphatic hydroxyl groups is 1. The number of benzene rings is 1. The van der Waals surface area contributed by atoms with Crippen LogP contribution in [0.2, 0.25) is 0 Å². The van der Waals surface area contributed by atoms with Crippen LogP contribution in [-0.4, -0.2) is 29.6 Å². The van der Waals surface area contributed by atoms with E-state index in [1.165, 1.54) is 11.3 Å². The highest BCUT2D eigenvalue weighted by Crippen LogP contribution is 2.06. The molecular weight excluding hydrogens is 302 g/mol. The molecule has 22 heavy (non-hydrogen) atoms. The van der Waals surface area contributed by atoms with Crippen molar-refractivity contribution in [1.29, 1.82) is 0 Å². The van der Waals surface area contributed by atoms with Crippen molar-refractivity contribution in [2.24, 2.45) is 0 Å². The Kier molecular flexibility index (Phi) is 6.12. The van der Waals surface area contributed by atoms with E-state index in [9.17, 15) is 14.7 Å². The number of thiophene rings is 1. The van der Waals surface area contributed by atoms with Gasteiger partial charge < -0.3 is 15.2 Å². The maximum absolute atomic E-state index is 11.6. The molecule has 1 aromatic heterocycles. The summed E-state index contributed by atoms with van der Waals surface area (Å²) in [6.45, 7) is -0.0593. The number of ether oxygens (including phenoxy) is 1. The number of aliphatic hydroxyl groups excluding tert-OH is 1. The molecule has 0 unspecified atom stereocenters. The zero-order valence-corrected chi connectivity index (χ0v) is 12.7. The molecule has 1 amide bonds. The highest BCUT2D eigenvalue weighted by molar-refractivity contribution is 7.07. The van der Waals surface area contributed by atoms with Crippen LogP contribution >= 0.6 is 11.3 Å². The molecular formula is C16H17NO4S. The van der Waals surface area contributed by atoms with Gasteiger partial charge >= 0.3 is 5.97 Å². The van der Waals surface area contributed by atoms with Gasteiger partial charge in [-0.2, -0.15) is 11.3 Å². The topological polar surface area (TPSA) is 75.6 Å². The average Bonchev–Trinajstić information content (AvgIpc) is 3.04. The molecule has 0 saturated heterocycles. The van der Waals surface area contributed by atoms with Crippen molar-refractivity contribution < 1.29 is 19.4 Å². The second-order valence-electron chi connectivity index (χ2n) is 4.72. The first-order valence-corrected chi connectivity index (χ1v) is 7.76. The van der Waals surface area contributed by atoms with E-state index in [2.05, 4.69) is 5.32 Å². The molecule has 2 aromatic rings. The van der Waals surface area contributed by atoms with Crippen molar-refractivity contribution in [3.05, 3.63) is 58.3 Å². The quantitative estimate of drug-likeness (QED) is 0.759. The van der Waals surface area contributed by atoms with E-state index < -0.39 is 12.1 Å². The van der Waals surface area contributed by atoms with Crippen LogP contribution in [0.3, 0.4) is 0 Å². The first-order chi connectivity index (χ1) is 10.6. The molecule has 116 valence electrons. The number of amides is 1. The number of carbonyl (C=O) groups is 2. The number of hydrogen-bond donors (Lipinski definition) is 2. The summed E-state index contributed by atoms with van der Waals surface area (Å²) in [5, 5.41) is 16.0. The van der Waals surface area contributed by atoms with Gasteiger partial charge in [0, 0.05) is 0 Å². The van der Waals surface area contributed by atoms with Crippen LogP contribution < -0.4 is 5.32 Å². The zero-order chi connectivity index (χ0) is 15.8. The van der Waals surface area contributed by atoms with E-state index >= 15 is 0 Å². The van der Waals surface area contributed by atoms with Crippen LogP contribution in [0.4, 0.5) is 0 Å². The molecule has 5 nitrogen and oxygen atoms in total. The largest absolute Gasteiger partial charge is 0.459 e. The monoisotopic (exact) mass is 319 g/mol. The number of hydrogen-bond acceptors (Lipinski definition) is 5. The lowest BCUT2D eigenvalue weighted by Gasteiger charge is -2.11. The van der Waals surface area contributed by atoms with Gasteiger partial charge in [0.1, 0.15) is 6.61 Å². The zero-order valence-electron chi connectivity index (χ0n) is 11.9. The summed E-state index contributed by atoms with van der Waals surface area (Å²) in [5.74, 6) is -0.993. The smallest absolute Gasteiger partial charge is 0.337 e. The Morgan fingerprint density at radius 1 is 1.18 bits per heavy atom. The Morgan fingerprint density at radius 3 is 2.64 bits per heavy atom. The standard InChI is InChI=1S/C16H17NO4S/c18-14(9-17-15(19)8-13-6-7-22-11-13)16(20)21-10-12-4-2-1-3-5-12/h1-7,11,14,18H,8-10H2,(H,17,19)/t14-/m0/s1. The summed E-state index contributed by atoms with van der Waals surface area (Å²) in [7, 11) is 0. The van der Waals surface area contributed by atoms with Crippen LogP contribution in [0, 0.1) is 0 Å². The average molecular weight is 319 g/mol. The van der Waals surface area contributed by atoms with Crippen LogP contribution in [0.25, 0.3) is 0 Å². The third-order valence-corrected chi connectivity index (χ3v) is 3.67. The number of esters is 1. The minimum Gasteiger partial charge on any atom is -0.459 e. The Labute approximate surface area is 132 Å². The second-order valence-corrected chi connectivity index (χ2v) is 5.50. The van der Waals surface area contributed by atoms with Crippen LogP contribution in [-0.2, 0) is 27.4 Å². The number of rotatable bonds is 7. The normalized spacial score (nSPS) is 11.7. The summed E-state index contributed by atoms with van der Waals surface area (Å²) >= 11 is 1.51. The third-order valence-electron chi connectivity index (χ3n) is 2.93. The summed E-state index contributed by atoms with van der Waals surface area (Å²) in [6, 6.07) is 11.0. The van der Waals surface area contributed by atoms with Gasteiger partial charge in [-0.1, -0.05) is 30.3 Å². The summed E-state index contributed by atoms with van der Waals surface area (Å²) in [6.07, 6.45) is -1.13. The molecule has 0 aliphatic heterocycles. The molecule has 6 heteroatoms. The molecule has 0 bridgehead atoms. The number of carbonyl (C=O) groups excluding carboxylic acids is 2. The molecule has 0 radical (unpaired) electrons. The molecule has 0 saturated carbocycles. The molecule has 0 aliphatic carbocycles. The lowest BCUT2D eigenvalue weighted by atomic mass is 10.2. The van der Waals surface area contributed by atoms with Crippen LogP contribution in [0.1, 0.15) is 11.1 Å². The van der Waals surface area contributed by atoms with Crippen molar-refractivity contribution in [3.63, 3.8) is 0 Å². The van der Waals surface area contributed by atoms with E-state index in [4.69, 9.17) is 4.74 Å². The van der Waals surface area contributed by atoms with Gasteiger partial charge in [0.25, 0.3) is 0 Å². The van der Waals surface area contributed by atoms with Crippen molar-refractivity contribution in [2.75, 3.05) is 6.54 Å². The fourth-order valence-electron chi connectivity index (χ4n) is 1.76. The summed E-state index contributed by atoms with van der Waals surface area (Å²) in [4.78, 5) is 23.3. The third kappa shape index (κ3) is 5.31. The molecule has 0 aliphatic rings. The predicted molar refractivity (Wildman–Crippen MR) is 83.3 cm³/mol. The van der Waals surface area contributed by atoms with Gasteiger partial charge in [0.15, 0.2) is 6.10 Å². The van der Waals surface area contributed by atoms with Gasteiger partial charge in [0.2, 0.25) is 5.91 Å². The first-order valence-electron chi connectivity index (χ1n) is 6.81. The lowest BCUT2D eigenvalue weighted by molar-refractivity contribution is -0.154. The van der Waals surface area contributed by atoms with E-state index in [1.807, 2.05) is 47.2 Å². The predicted octanol–water partition coefficient (Wildman–Crippen LogP) is 1.51.